The van der Waals surface area contributed by atoms with Gasteiger partial charge in [0, 0.05) is 18.2 Å². The van der Waals surface area contributed by atoms with Crippen LogP contribution in [0.15, 0.2) is 24.3 Å². The summed E-state index contributed by atoms with van der Waals surface area (Å²) in [6.45, 7) is 3.23. The maximum atomic E-state index is 10.5. The number of hydrogen-bond donors (Lipinski definition) is 1. The molecule has 0 heterocycles. The van der Waals surface area contributed by atoms with E-state index in [2.05, 4.69) is 12.2 Å². The Labute approximate surface area is 101 Å². The van der Waals surface area contributed by atoms with Crippen LogP contribution in [0.1, 0.15) is 25.3 Å². The molecule has 0 saturated heterocycles. The summed E-state index contributed by atoms with van der Waals surface area (Å²) >= 11 is 0. The van der Waals surface area contributed by atoms with Gasteiger partial charge in [-0.15, -0.1) is 0 Å². The van der Waals surface area contributed by atoms with Crippen molar-refractivity contribution in [3.05, 3.63) is 39.9 Å². The second-order valence-corrected chi connectivity index (χ2v) is 4.90. The summed E-state index contributed by atoms with van der Waals surface area (Å²) in [6, 6.07) is 7.50. The van der Waals surface area contributed by atoms with Crippen LogP contribution in [-0.2, 0) is 6.42 Å². The Balaban J connectivity index is 1.73. The molecule has 1 aliphatic rings. The molecular formula is C13H18N2O2. The van der Waals surface area contributed by atoms with Crippen LogP contribution in [0, 0.1) is 16.0 Å². The molecule has 0 unspecified atom stereocenters. The Bertz CT molecular complexity index is 383. The standard InChI is InChI=1S/C13H18N2O2/c1-10-8-12(9-10)14-7-6-11-2-4-13(5-3-11)15(16)17/h2-5,10,12,14H,6-9H2,1H3. The molecule has 17 heavy (non-hydrogen) atoms. The third kappa shape index (κ3) is 3.27. The minimum Gasteiger partial charge on any atom is -0.314 e. The molecule has 4 heteroatoms. The summed E-state index contributed by atoms with van der Waals surface area (Å²) in [7, 11) is 0. The highest BCUT2D eigenvalue weighted by Crippen LogP contribution is 2.26. The van der Waals surface area contributed by atoms with E-state index in [0.29, 0.717) is 6.04 Å². The van der Waals surface area contributed by atoms with Crippen LogP contribution in [0.4, 0.5) is 5.69 Å². The summed E-state index contributed by atoms with van der Waals surface area (Å²) in [5, 5.41) is 14.0. The van der Waals surface area contributed by atoms with Gasteiger partial charge in [0.2, 0.25) is 0 Å². The highest BCUT2D eigenvalue weighted by molar-refractivity contribution is 5.32. The van der Waals surface area contributed by atoms with Crippen LogP contribution in [0.2, 0.25) is 0 Å². The molecule has 0 aliphatic heterocycles. The summed E-state index contributed by atoms with van der Waals surface area (Å²) in [4.78, 5) is 10.1. The lowest BCUT2D eigenvalue weighted by atomic mass is 9.82. The average molecular weight is 234 g/mol. The maximum Gasteiger partial charge on any atom is 0.269 e. The lowest BCUT2D eigenvalue weighted by Crippen LogP contribution is -2.40. The number of nitrogens with zero attached hydrogens (tertiary/aromatic N) is 1. The van der Waals surface area contributed by atoms with Crippen molar-refractivity contribution in [3.8, 4) is 0 Å². The zero-order valence-electron chi connectivity index (χ0n) is 10.1. The van der Waals surface area contributed by atoms with Gasteiger partial charge in [-0.1, -0.05) is 19.1 Å². The monoisotopic (exact) mass is 234 g/mol. The number of rotatable bonds is 5. The van der Waals surface area contributed by atoms with Gasteiger partial charge >= 0.3 is 0 Å². The quantitative estimate of drug-likeness (QED) is 0.629. The molecule has 4 nitrogen and oxygen atoms in total. The molecule has 1 fully saturated rings. The third-order valence-electron chi connectivity index (χ3n) is 3.37. The van der Waals surface area contributed by atoms with Gasteiger partial charge in [-0.3, -0.25) is 10.1 Å². The van der Waals surface area contributed by atoms with E-state index in [-0.39, 0.29) is 10.6 Å². The van der Waals surface area contributed by atoms with Crippen LogP contribution in [0.5, 0.6) is 0 Å². The highest BCUT2D eigenvalue weighted by Gasteiger charge is 2.23. The van der Waals surface area contributed by atoms with E-state index in [1.165, 1.54) is 12.8 Å². The van der Waals surface area contributed by atoms with E-state index >= 15 is 0 Å². The Hall–Kier alpha value is -1.42. The van der Waals surface area contributed by atoms with Gasteiger partial charge in [-0.2, -0.15) is 0 Å². The Morgan fingerprint density at radius 3 is 2.53 bits per heavy atom. The van der Waals surface area contributed by atoms with Crippen molar-refractivity contribution in [2.24, 2.45) is 5.92 Å². The van der Waals surface area contributed by atoms with Crippen molar-refractivity contribution in [2.45, 2.75) is 32.2 Å². The van der Waals surface area contributed by atoms with E-state index < -0.39 is 0 Å². The molecule has 0 spiro atoms. The van der Waals surface area contributed by atoms with Gasteiger partial charge in [0.1, 0.15) is 0 Å². The van der Waals surface area contributed by atoms with Crippen LogP contribution >= 0.6 is 0 Å². The van der Waals surface area contributed by atoms with Gasteiger partial charge in [0.25, 0.3) is 5.69 Å². The van der Waals surface area contributed by atoms with Crippen LogP contribution < -0.4 is 5.32 Å². The maximum absolute atomic E-state index is 10.5. The summed E-state index contributed by atoms with van der Waals surface area (Å²) in [6.07, 6.45) is 3.49. The van der Waals surface area contributed by atoms with Crippen molar-refractivity contribution < 1.29 is 4.92 Å². The second kappa shape index (κ2) is 5.27. The molecule has 1 aliphatic carbocycles. The fourth-order valence-electron chi connectivity index (χ4n) is 2.27. The van der Waals surface area contributed by atoms with Gasteiger partial charge in [-0.25, -0.2) is 0 Å². The van der Waals surface area contributed by atoms with E-state index in [1.807, 2.05) is 12.1 Å². The normalized spacial score (nSPS) is 23.1. The first-order chi connectivity index (χ1) is 8.15. The molecule has 92 valence electrons. The fourth-order valence-corrected chi connectivity index (χ4v) is 2.27. The molecule has 0 radical (unpaired) electrons. The molecule has 0 atom stereocenters. The lowest BCUT2D eigenvalue weighted by Gasteiger charge is -2.33. The molecule has 1 aromatic rings. The second-order valence-electron chi connectivity index (χ2n) is 4.90. The smallest absolute Gasteiger partial charge is 0.269 e. The molecule has 0 bridgehead atoms. The number of non-ortho nitro benzene ring substituents is 1. The number of nitrogens with one attached hydrogen (secondary N) is 1. The molecule has 1 aromatic carbocycles. The number of hydrogen-bond acceptors (Lipinski definition) is 3. The minimum absolute atomic E-state index is 0.162. The predicted molar refractivity (Wildman–Crippen MR) is 67.0 cm³/mol. The molecule has 0 aromatic heterocycles. The van der Waals surface area contributed by atoms with Crippen LogP contribution in [-0.4, -0.2) is 17.5 Å². The zero-order valence-corrected chi connectivity index (χ0v) is 10.1. The average Bonchev–Trinajstić information content (AvgIpc) is 2.27. The van der Waals surface area contributed by atoms with Gasteiger partial charge < -0.3 is 5.32 Å². The first kappa shape index (κ1) is 12.0. The van der Waals surface area contributed by atoms with Crippen molar-refractivity contribution in [1.82, 2.24) is 5.32 Å². The van der Waals surface area contributed by atoms with E-state index in [4.69, 9.17) is 0 Å². The molecule has 1 N–H and O–H groups in total. The first-order valence-electron chi connectivity index (χ1n) is 6.12. The van der Waals surface area contributed by atoms with Gasteiger partial charge in [0.05, 0.1) is 4.92 Å². The summed E-state index contributed by atoms with van der Waals surface area (Å²) in [5.74, 6) is 0.867. The zero-order chi connectivity index (χ0) is 12.3. The largest absolute Gasteiger partial charge is 0.314 e. The topological polar surface area (TPSA) is 55.2 Å². The van der Waals surface area contributed by atoms with Crippen LogP contribution in [0.25, 0.3) is 0 Å². The number of benzene rings is 1. The Kier molecular flexibility index (Phi) is 3.74. The van der Waals surface area contributed by atoms with E-state index in [1.54, 1.807) is 12.1 Å². The van der Waals surface area contributed by atoms with Crippen LogP contribution in [0.3, 0.4) is 0 Å². The highest BCUT2D eigenvalue weighted by atomic mass is 16.6. The van der Waals surface area contributed by atoms with Crippen molar-refractivity contribution in [2.75, 3.05) is 6.54 Å². The van der Waals surface area contributed by atoms with Crippen molar-refractivity contribution in [1.29, 1.82) is 0 Å². The van der Waals surface area contributed by atoms with Crippen molar-refractivity contribution >= 4 is 5.69 Å². The number of nitro groups is 1. The van der Waals surface area contributed by atoms with E-state index in [9.17, 15) is 10.1 Å². The molecule has 0 amide bonds. The van der Waals surface area contributed by atoms with Gasteiger partial charge in [-0.05, 0) is 37.3 Å². The summed E-state index contributed by atoms with van der Waals surface area (Å²) in [5.41, 5.74) is 1.31. The SMILES string of the molecule is CC1CC(NCCc2ccc([N+](=O)[O-])cc2)C1. The van der Waals surface area contributed by atoms with Gasteiger partial charge in [0.15, 0.2) is 0 Å². The minimum atomic E-state index is -0.363. The van der Waals surface area contributed by atoms with Crippen molar-refractivity contribution in [3.63, 3.8) is 0 Å². The third-order valence-corrected chi connectivity index (χ3v) is 3.37. The predicted octanol–water partition coefficient (Wildman–Crippen LogP) is 2.53. The Morgan fingerprint density at radius 2 is 2.00 bits per heavy atom. The first-order valence-corrected chi connectivity index (χ1v) is 6.12. The molecule has 1 saturated carbocycles. The molecule has 2 rings (SSSR count). The Morgan fingerprint density at radius 1 is 1.35 bits per heavy atom. The fraction of sp³-hybridized carbons (Fsp3) is 0.538. The number of nitro benzene ring substituents is 1. The summed E-state index contributed by atoms with van der Waals surface area (Å²) < 4.78 is 0. The lowest BCUT2D eigenvalue weighted by molar-refractivity contribution is -0.384. The molecular weight excluding hydrogens is 216 g/mol. The van der Waals surface area contributed by atoms with E-state index in [0.717, 1.165) is 24.4 Å².